The summed E-state index contributed by atoms with van der Waals surface area (Å²) in [6.07, 6.45) is 2.65. The van der Waals surface area contributed by atoms with Gasteiger partial charge in [-0.3, -0.25) is 14.5 Å². The predicted octanol–water partition coefficient (Wildman–Crippen LogP) is 2.79. The maximum atomic E-state index is 12.1. The number of pyridine rings is 1. The summed E-state index contributed by atoms with van der Waals surface area (Å²) in [4.78, 5) is 29.0. The van der Waals surface area contributed by atoms with E-state index in [-0.39, 0.29) is 33.5 Å². The first kappa shape index (κ1) is 13.3. The van der Waals surface area contributed by atoms with E-state index in [0.29, 0.717) is 13.0 Å². The molecule has 96 valence electrons. The highest BCUT2D eigenvalue weighted by Gasteiger charge is 2.33. The molecule has 1 fully saturated rings. The fourth-order valence-electron chi connectivity index (χ4n) is 1.95. The van der Waals surface area contributed by atoms with Crippen molar-refractivity contribution in [1.82, 2.24) is 9.88 Å². The first-order chi connectivity index (χ1) is 8.52. The summed E-state index contributed by atoms with van der Waals surface area (Å²) in [6.45, 7) is 2.47. The van der Waals surface area contributed by atoms with Crippen molar-refractivity contribution in [1.29, 1.82) is 0 Å². The summed E-state index contributed by atoms with van der Waals surface area (Å²) in [5, 5.41) is 0.355. The van der Waals surface area contributed by atoms with E-state index in [4.69, 9.17) is 23.2 Å². The summed E-state index contributed by atoms with van der Waals surface area (Å²) < 4.78 is 0. The number of imide groups is 1. The Morgan fingerprint density at radius 1 is 1.56 bits per heavy atom. The molecule has 18 heavy (non-hydrogen) atoms. The lowest BCUT2D eigenvalue weighted by Crippen LogP contribution is -2.32. The molecular weight excluding hydrogens is 275 g/mol. The van der Waals surface area contributed by atoms with Crippen LogP contribution in [0, 0.1) is 5.92 Å². The predicted molar refractivity (Wildman–Crippen MR) is 68.7 cm³/mol. The number of aromatic nitrogens is 1. The zero-order valence-electron chi connectivity index (χ0n) is 9.82. The number of likely N-dealkylation sites (tertiary alicyclic amines) is 1. The molecule has 0 bridgehead atoms. The Labute approximate surface area is 115 Å². The zero-order chi connectivity index (χ0) is 13.3. The molecule has 1 aliphatic rings. The van der Waals surface area contributed by atoms with Gasteiger partial charge in [0.2, 0.25) is 5.91 Å². The molecule has 1 saturated heterocycles. The SMILES string of the molecule is CCC1CC(=O)N(C(=O)c2cnc(Cl)c(Cl)c2)C1. The Morgan fingerprint density at radius 3 is 2.83 bits per heavy atom. The van der Waals surface area contributed by atoms with Crippen molar-refractivity contribution in [3.8, 4) is 0 Å². The Morgan fingerprint density at radius 2 is 2.28 bits per heavy atom. The number of rotatable bonds is 2. The van der Waals surface area contributed by atoms with E-state index >= 15 is 0 Å². The lowest BCUT2D eigenvalue weighted by molar-refractivity contribution is -0.125. The maximum Gasteiger partial charge on any atom is 0.262 e. The summed E-state index contributed by atoms with van der Waals surface area (Å²) >= 11 is 11.5. The average molecular weight is 287 g/mol. The van der Waals surface area contributed by atoms with E-state index in [1.807, 2.05) is 6.92 Å². The van der Waals surface area contributed by atoms with Crippen LogP contribution >= 0.6 is 23.2 Å². The van der Waals surface area contributed by atoms with E-state index in [1.165, 1.54) is 17.2 Å². The van der Waals surface area contributed by atoms with Gasteiger partial charge in [0.25, 0.3) is 5.91 Å². The maximum absolute atomic E-state index is 12.1. The van der Waals surface area contributed by atoms with Gasteiger partial charge in [0.05, 0.1) is 10.6 Å². The van der Waals surface area contributed by atoms with Gasteiger partial charge in [0, 0.05) is 19.2 Å². The molecule has 0 saturated carbocycles. The monoisotopic (exact) mass is 286 g/mol. The third-order valence-electron chi connectivity index (χ3n) is 3.07. The second-order valence-corrected chi connectivity index (χ2v) is 5.05. The highest BCUT2D eigenvalue weighted by Crippen LogP contribution is 2.24. The highest BCUT2D eigenvalue weighted by molar-refractivity contribution is 6.41. The lowest BCUT2D eigenvalue weighted by atomic mass is 10.1. The van der Waals surface area contributed by atoms with E-state index in [2.05, 4.69) is 4.98 Å². The molecule has 1 aromatic heterocycles. The van der Waals surface area contributed by atoms with Crippen LogP contribution in [0.3, 0.4) is 0 Å². The number of nitrogens with zero attached hydrogens (tertiary/aromatic N) is 2. The molecule has 0 radical (unpaired) electrons. The number of hydrogen-bond donors (Lipinski definition) is 0. The zero-order valence-corrected chi connectivity index (χ0v) is 11.3. The number of amides is 2. The van der Waals surface area contributed by atoms with Crippen molar-refractivity contribution in [3.05, 3.63) is 28.0 Å². The van der Waals surface area contributed by atoms with Gasteiger partial charge < -0.3 is 0 Å². The van der Waals surface area contributed by atoms with Gasteiger partial charge in [-0.05, 0) is 12.0 Å². The fraction of sp³-hybridized carbons (Fsp3) is 0.417. The smallest absolute Gasteiger partial charge is 0.262 e. The third kappa shape index (κ3) is 2.49. The number of hydrogen-bond acceptors (Lipinski definition) is 3. The molecule has 1 aromatic rings. The minimum Gasteiger partial charge on any atom is -0.278 e. The molecule has 1 aliphatic heterocycles. The van der Waals surface area contributed by atoms with Gasteiger partial charge in [-0.15, -0.1) is 0 Å². The fourth-order valence-corrected chi connectivity index (χ4v) is 2.22. The molecule has 0 aromatic carbocycles. The normalized spacial score (nSPS) is 19.4. The van der Waals surface area contributed by atoms with Gasteiger partial charge in [0.1, 0.15) is 5.15 Å². The summed E-state index contributed by atoms with van der Waals surface area (Å²) in [6, 6.07) is 1.44. The standard InChI is InChI=1S/C12H12Cl2N2O2/c1-2-7-3-10(17)16(6-7)12(18)8-4-9(13)11(14)15-5-8/h4-5,7H,2-3,6H2,1H3. The lowest BCUT2D eigenvalue weighted by Gasteiger charge is -2.14. The van der Waals surface area contributed by atoms with E-state index in [9.17, 15) is 9.59 Å². The van der Waals surface area contributed by atoms with Crippen LogP contribution in [0.25, 0.3) is 0 Å². The second kappa shape index (κ2) is 5.24. The minimum absolute atomic E-state index is 0.141. The van der Waals surface area contributed by atoms with Gasteiger partial charge in [-0.1, -0.05) is 36.5 Å². The minimum atomic E-state index is -0.359. The van der Waals surface area contributed by atoms with Crippen LogP contribution < -0.4 is 0 Å². The van der Waals surface area contributed by atoms with Crippen molar-refractivity contribution >= 4 is 35.0 Å². The molecule has 0 aliphatic carbocycles. The molecule has 0 N–H and O–H groups in total. The van der Waals surface area contributed by atoms with Crippen molar-refractivity contribution in [2.75, 3.05) is 6.54 Å². The van der Waals surface area contributed by atoms with Crippen LogP contribution in [0.2, 0.25) is 10.2 Å². The molecule has 1 unspecified atom stereocenters. The van der Waals surface area contributed by atoms with Gasteiger partial charge >= 0.3 is 0 Å². The number of halogens is 2. The van der Waals surface area contributed by atoms with Crippen LogP contribution in [0.5, 0.6) is 0 Å². The topological polar surface area (TPSA) is 50.3 Å². The van der Waals surface area contributed by atoms with Crippen LogP contribution in [0.1, 0.15) is 30.1 Å². The van der Waals surface area contributed by atoms with Crippen molar-refractivity contribution in [2.24, 2.45) is 5.92 Å². The third-order valence-corrected chi connectivity index (χ3v) is 3.76. The molecule has 0 spiro atoms. The van der Waals surface area contributed by atoms with Crippen LogP contribution in [-0.4, -0.2) is 28.2 Å². The molecule has 2 heterocycles. The number of carbonyl (C=O) groups excluding carboxylic acids is 2. The summed E-state index contributed by atoms with van der Waals surface area (Å²) in [5.74, 6) is -0.253. The summed E-state index contributed by atoms with van der Waals surface area (Å²) in [5.41, 5.74) is 0.287. The molecular formula is C12H12Cl2N2O2. The largest absolute Gasteiger partial charge is 0.278 e. The Kier molecular flexibility index (Phi) is 3.88. The highest BCUT2D eigenvalue weighted by atomic mass is 35.5. The Hall–Kier alpha value is -1.13. The van der Waals surface area contributed by atoms with E-state index < -0.39 is 0 Å². The van der Waals surface area contributed by atoms with Crippen molar-refractivity contribution in [3.63, 3.8) is 0 Å². The Balaban J connectivity index is 2.21. The molecule has 4 nitrogen and oxygen atoms in total. The van der Waals surface area contributed by atoms with Crippen molar-refractivity contribution in [2.45, 2.75) is 19.8 Å². The molecule has 2 amide bonds. The first-order valence-electron chi connectivity index (χ1n) is 5.68. The summed E-state index contributed by atoms with van der Waals surface area (Å²) in [7, 11) is 0. The second-order valence-electron chi connectivity index (χ2n) is 4.28. The van der Waals surface area contributed by atoms with Crippen LogP contribution in [-0.2, 0) is 4.79 Å². The average Bonchev–Trinajstić information content (AvgIpc) is 2.73. The quantitative estimate of drug-likeness (QED) is 0.620. The molecule has 2 rings (SSSR count). The molecule has 6 heteroatoms. The first-order valence-corrected chi connectivity index (χ1v) is 6.44. The Bertz CT molecular complexity index is 505. The van der Waals surface area contributed by atoms with Crippen molar-refractivity contribution < 1.29 is 9.59 Å². The van der Waals surface area contributed by atoms with Gasteiger partial charge in [0.15, 0.2) is 0 Å². The van der Waals surface area contributed by atoms with E-state index in [1.54, 1.807) is 0 Å². The van der Waals surface area contributed by atoms with E-state index in [0.717, 1.165) is 6.42 Å². The van der Waals surface area contributed by atoms with Gasteiger partial charge in [-0.25, -0.2) is 4.98 Å². The number of carbonyl (C=O) groups is 2. The van der Waals surface area contributed by atoms with Gasteiger partial charge in [-0.2, -0.15) is 0 Å². The molecule has 1 atom stereocenters. The van der Waals surface area contributed by atoms with Crippen LogP contribution in [0.15, 0.2) is 12.3 Å². The van der Waals surface area contributed by atoms with Crippen LogP contribution in [0.4, 0.5) is 0 Å².